The van der Waals surface area contributed by atoms with Crippen molar-refractivity contribution in [3.05, 3.63) is 65.7 Å². The molecule has 2 amide bonds. The first-order valence-electron chi connectivity index (χ1n) is 7.98. The van der Waals surface area contributed by atoms with Crippen molar-refractivity contribution in [1.82, 2.24) is 5.32 Å². The predicted molar refractivity (Wildman–Crippen MR) is 93.8 cm³/mol. The molecule has 24 heavy (non-hydrogen) atoms. The minimum absolute atomic E-state index is 0.106. The van der Waals surface area contributed by atoms with Gasteiger partial charge in [0.1, 0.15) is 0 Å². The second kappa shape index (κ2) is 8.84. The molecule has 0 radical (unpaired) electrons. The van der Waals surface area contributed by atoms with E-state index in [1.54, 1.807) is 31.2 Å². The molecule has 3 N–H and O–H groups in total. The Morgan fingerprint density at radius 1 is 1.08 bits per heavy atom. The largest absolute Gasteiger partial charge is 0.391 e. The molecule has 0 aliphatic carbocycles. The topological polar surface area (TPSA) is 78.4 Å². The number of amides is 2. The Labute approximate surface area is 141 Å². The molecule has 0 heterocycles. The van der Waals surface area contributed by atoms with E-state index in [2.05, 4.69) is 10.6 Å². The van der Waals surface area contributed by atoms with Crippen LogP contribution in [0.1, 0.15) is 29.3 Å². The normalized spacial score (nSPS) is 11.6. The van der Waals surface area contributed by atoms with Crippen molar-refractivity contribution in [2.45, 2.75) is 25.9 Å². The standard InChI is InChI=1S/C19H22N2O3/c1-2-18(23)21-16-10-6-9-15(12-16)19(24)20-13-17(22)11-14-7-4-3-5-8-14/h3-10,12,17,22H,2,11,13H2,1H3,(H,20,24)(H,21,23). The molecule has 0 aliphatic rings. The molecule has 126 valence electrons. The highest BCUT2D eigenvalue weighted by molar-refractivity contribution is 5.97. The summed E-state index contributed by atoms with van der Waals surface area (Å²) in [4.78, 5) is 23.6. The van der Waals surface area contributed by atoms with Gasteiger partial charge in [-0.2, -0.15) is 0 Å². The second-order valence-electron chi connectivity index (χ2n) is 5.54. The molecule has 1 unspecified atom stereocenters. The van der Waals surface area contributed by atoms with Crippen molar-refractivity contribution in [3.8, 4) is 0 Å². The van der Waals surface area contributed by atoms with Crippen LogP contribution in [0.3, 0.4) is 0 Å². The highest BCUT2D eigenvalue weighted by Gasteiger charge is 2.10. The Morgan fingerprint density at radius 3 is 2.54 bits per heavy atom. The summed E-state index contributed by atoms with van der Waals surface area (Å²) in [5, 5.41) is 15.5. The Balaban J connectivity index is 1.88. The van der Waals surface area contributed by atoms with Gasteiger partial charge in [0.05, 0.1) is 6.10 Å². The molecule has 0 aliphatic heterocycles. The van der Waals surface area contributed by atoms with Crippen LogP contribution in [-0.2, 0) is 11.2 Å². The van der Waals surface area contributed by atoms with Crippen molar-refractivity contribution in [2.24, 2.45) is 0 Å². The maximum Gasteiger partial charge on any atom is 0.251 e. The molecule has 0 aromatic heterocycles. The molecular formula is C19H22N2O3. The van der Waals surface area contributed by atoms with E-state index in [-0.39, 0.29) is 18.4 Å². The van der Waals surface area contributed by atoms with Gasteiger partial charge in [-0.1, -0.05) is 43.3 Å². The Hall–Kier alpha value is -2.66. The van der Waals surface area contributed by atoms with E-state index in [9.17, 15) is 14.7 Å². The number of nitrogens with one attached hydrogen (secondary N) is 2. The van der Waals surface area contributed by atoms with Crippen LogP contribution in [0.4, 0.5) is 5.69 Å². The number of anilines is 1. The zero-order valence-electron chi connectivity index (χ0n) is 13.7. The minimum Gasteiger partial charge on any atom is -0.391 e. The van der Waals surface area contributed by atoms with Gasteiger partial charge in [0, 0.05) is 30.6 Å². The maximum atomic E-state index is 12.2. The molecule has 0 saturated heterocycles. The van der Waals surface area contributed by atoms with Gasteiger partial charge in [0.25, 0.3) is 5.91 Å². The number of hydrogen-bond acceptors (Lipinski definition) is 3. The lowest BCUT2D eigenvalue weighted by Gasteiger charge is -2.12. The summed E-state index contributed by atoms with van der Waals surface area (Å²) in [7, 11) is 0. The zero-order chi connectivity index (χ0) is 17.4. The third kappa shape index (κ3) is 5.52. The van der Waals surface area contributed by atoms with E-state index in [0.29, 0.717) is 24.1 Å². The SMILES string of the molecule is CCC(=O)Nc1cccc(C(=O)NCC(O)Cc2ccccc2)c1. The van der Waals surface area contributed by atoms with Gasteiger partial charge in [0.15, 0.2) is 0 Å². The van der Waals surface area contributed by atoms with Crippen LogP contribution in [0.15, 0.2) is 54.6 Å². The summed E-state index contributed by atoms with van der Waals surface area (Å²) >= 11 is 0. The van der Waals surface area contributed by atoms with Gasteiger partial charge in [0.2, 0.25) is 5.91 Å². The fourth-order valence-corrected chi connectivity index (χ4v) is 2.26. The predicted octanol–water partition coefficient (Wildman–Crippen LogP) is 2.37. The molecule has 0 spiro atoms. The second-order valence-corrected chi connectivity index (χ2v) is 5.54. The molecule has 2 rings (SSSR count). The quantitative estimate of drug-likeness (QED) is 0.731. The van der Waals surface area contributed by atoms with Crippen molar-refractivity contribution < 1.29 is 14.7 Å². The highest BCUT2D eigenvalue weighted by Crippen LogP contribution is 2.11. The van der Waals surface area contributed by atoms with E-state index in [4.69, 9.17) is 0 Å². The van der Waals surface area contributed by atoms with Gasteiger partial charge in [-0.05, 0) is 23.8 Å². The lowest BCUT2D eigenvalue weighted by Crippen LogP contribution is -2.33. The van der Waals surface area contributed by atoms with Crippen LogP contribution in [0.2, 0.25) is 0 Å². The van der Waals surface area contributed by atoms with Crippen molar-refractivity contribution in [2.75, 3.05) is 11.9 Å². The highest BCUT2D eigenvalue weighted by atomic mass is 16.3. The van der Waals surface area contributed by atoms with E-state index in [0.717, 1.165) is 5.56 Å². The summed E-state index contributed by atoms with van der Waals surface area (Å²) in [5.41, 5.74) is 2.04. The molecule has 1 atom stereocenters. The third-order valence-electron chi connectivity index (χ3n) is 3.54. The number of rotatable bonds is 7. The Kier molecular flexibility index (Phi) is 6.51. The van der Waals surface area contributed by atoms with Crippen LogP contribution in [0, 0.1) is 0 Å². The van der Waals surface area contributed by atoms with E-state index >= 15 is 0 Å². The van der Waals surface area contributed by atoms with E-state index in [1.165, 1.54) is 0 Å². The molecule has 0 bridgehead atoms. The monoisotopic (exact) mass is 326 g/mol. The lowest BCUT2D eigenvalue weighted by atomic mass is 10.1. The van der Waals surface area contributed by atoms with Crippen molar-refractivity contribution in [3.63, 3.8) is 0 Å². The first-order valence-corrected chi connectivity index (χ1v) is 7.98. The number of benzene rings is 2. The van der Waals surface area contributed by atoms with Crippen molar-refractivity contribution >= 4 is 17.5 Å². The molecule has 0 fully saturated rings. The average Bonchev–Trinajstić information content (AvgIpc) is 2.60. The first kappa shape index (κ1) is 17.7. The fraction of sp³-hybridized carbons (Fsp3) is 0.263. The van der Waals surface area contributed by atoms with Crippen LogP contribution in [0.5, 0.6) is 0 Å². The van der Waals surface area contributed by atoms with Gasteiger partial charge in [-0.3, -0.25) is 9.59 Å². The molecule has 2 aromatic carbocycles. The molecule has 0 saturated carbocycles. The summed E-state index contributed by atoms with van der Waals surface area (Å²) in [6, 6.07) is 16.3. The van der Waals surface area contributed by atoms with Crippen LogP contribution < -0.4 is 10.6 Å². The van der Waals surface area contributed by atoms with E-state index in [1.807, 2.05) is 30.3 Å². The maximum absolute atomic E-state index is 12.2. The molecule has 5 heteroatoms. The summed E-state index contributed by atoms with van der Waals surface area (Å²) in [6.45, 7) is 1.93. The molecular weight excluding hydrogens is 304 g/mol. The lowest BCUT2D eigenvalue weighted by molar-refractivity contribution is -0.115. The number of aliphatic hydroxyl groups is 1. The van der Waals surface area contributed by atoms with Gasteiger partial charge in [-0.15, -0.1) is 0 Å². The number of hydrogen-bond donors (Lipinski definition) is 3. The first-order chi connectivity index (χ1) is 11.6. The smallest absolute Gasteiger partial charge is 0.251 e. The third-order valence-corrected chi connectivity index (χ3v) is 3.54. The van der Waals surface area contributed by atoms with Gasteiger partial charge < -0.3 is 15.7 Å². The van der Waals surface area contributed by atoms with Crippen LogP contribution in [-0.4, -0.2) is 29.6 Å². The Morgan fingerprint density at radius 2 is 1.83 bits per heavy atom. The van der Waals surface area contributed by atoms with Crippen molar-refractivity contribution in [1.29, 1.82) is 0 Å². The van der Waals surface area contributed by atoms with Crippen LogP contribution in [0.25, 0.3) is 0 Å². The fourth-order valence-electron chi connectivity index (χ4n) is 2.26. The minimum atomic E-state index is -0.653. The summed E-state index contributed by atoms with van der Waals surface area (Å²) < 4.78 is 0. The number of carbonyl (C=O) groups is 2. The summed E-state index contributed by atoms with van der Waals surface area (Å²) in [6.07, 6.45) is 0.204. The van der Waals surface area contributed by atoms with E-state index < -0.39 is 6.10 Å². The zero-order valence-corrected chi connectivity index (χ0v) is 13.7. The number of aliphatic hydroxyl groups excluding tert-OH is 1. The van der Waals surface area contributed by atoms with Gasteiger partial charge >= 0.3 is 0 Å². The average molecular weight is 326 g/mol. The van der Waals surface area contributed by atoms with Gasteiger partial charge in [-0.25, -0.2) is 0 Å². The molecule has 5 nitrogen and oxygen atoms in total. The Bertz CT molecular complexity index is 686. The van der Waals surface area contributed by atoms with Crippen LogP contribution >= 0.6 is 0 Å². The summed E-state index contributed by atoms with van der Waals surface area (Å²) in [5.74, 6) is -0.388. The number of carbonyl (C=O) groups excluding carboxylic acids is 2. The molecule has 2 aromatic rings.